The summed E-state index contributed by atoms with van der Waals surface area (Å²) >= 11 is 0. The molecule has 0 aromatic heterocycles. The third-order valence-electron chi connectivity index (χ3n) is 2.15. The third kappa shape index (κ3) is 5.01. The highest BCUT2D eigenvalue weighted by Crippen LogP contribution is 2.16. The molecule has 0 spiro atoms. The summed E-state index contributed by atoms with van der Waals surface area (Å²) in [6, 6.07) is 0. The molecule has 78 valence electrons. The summed E-state index contributed by atoms with van der Waals surface area (Å²) in [6.45, 7) is 4.01. The monoisotopic (exact) mass is 188 g/mol. The van der Waals surface area contributed by atoms with Crippen molar-refractivity contribution < 1.29 is 14.6 Å². The molecular weight excluding hydrogens is 168 g/mol. The van der Waals surface area contributed by atoms with Gasteiger partial charge in [-0.25, -0.2) is 0 Å². The number of hydrogen-bond acceptors (Lipinski definition) is 3. The standard InChI is InChI=1S/C10H20O3/c1-4-5-7-10(2,12)9(11)6-8-13-3/h12H,4-8H2,1-3H3. The Balaban J connectivity index is 3.87. The zero-order valence-corrected chi connectivity index (χ0v) is 8.80. The van der Waals surface area contributed by atoms with Gasteiger partial charge in [0.15, 0.2) is 5.78 Å². The number of carbonyl (C=O) groups excluding carboxylic acids is 1. The van der Waals surface area contributed by atoms with E-state index >= 15 is 0 Å². The lowest BCUT2D eigenvalue weighted by atomic mass is 9.92. The molecule has 1 N–H and O–H groups in total. The molecule has 0 aliphatic carbocycles. The fraction of sp³-hybridized carbons (Fsp3) is 0.900. The Kier molecular flexibility index (Phi) is 5.91. The van der Waals surface area contributed by atoms with Gasteiger partial charge >= 0.3 is 0 Å². The quantitative estimate of drug-likeness (QED) is 0.659. The Labute approximate surface area is 80.1 Å². The highest BCUT2D eigenvalue weighted by Gasteiger charge is 2.28. The van der Waals surface area contributed by atoms with Crippen LogP contribution in [0.2, 0.25) is 0 Å². The van der Waals surface area contributed by atoms with Gasteiger partial charge in [-0.2, -0.15) is 0 Å². The van der Waals surface area contributed by atoms with Gasteiger partial charge in [0.2, 0.25) is 0 Å². The van der Waals surface area contributed by atoms with E-state index in [1.54, 1.807) is 14.0 Å². The van der Waals surface area contributed by atoms with Crippen LogP contribution < -0.4 is 0 Å². The smallest absolute Gasteiger partial charge is 0.166 e. The summed E-state index contributed by atoms with van der Waals surface area (Å²) in [4.78, 5) is 11.4. The molecule has 3 heteroatoms. The number of ketones is 1. The van der Waals surface area contributed by atoms with Crippen molar-refractivity contribution in [1.82, 2.24) is 0 Å². The molecular formula is C10H20O3. The Morgan fingerprint density at radius 2 is 2.15 bits per heavy atom. The zero-order valence-electron chi connectivity index (χ0n) is 8.80. The van der Waals surface area contributed by atoms with Crippen LogP contribution in [0.3, 0.4) is 0 Å². The van der Waals surface area contributed by atoms with E-state index < -0.39 is 5.60 Å². The summed E-state index contributed by atoms with van der Waals surface area (Å²) in [5, 5.41) is 9.74. The molecule has 13 heavy (non-hydrogen) atoms. The van der Waals surface area contributed by atoms with Crippen molar-refractivity contribution in [2.45, 2.75) is 45.1 Å². The highest BCUT2D eigenvalue weighted by molar-refractivity contribution is 5.86. The van der Waals surface area contributed by atoms with Gasteiger partial charge in [0, 0.05) is 13.5 Å². The molecule has 0 radical (unpaired) electrons. The number of carbonyl (C=O) groups is 1. The number of aliphatic hydroxyl groups is 1. The maximum Gasteiger partial charge on any atom is 0.166 e. The van der Waals surface area contributed by atoms with E-state index in [2.05, 4.69) is 0 Å². The van der Waals surface area contributed by atoms with Crippen LogP contribution in [0, 0.1) is 0 Å². The maximum atomic E-state index is 11.4. The second-order valence-corrected chi connectivity index (χ2v) is 3.54. The number of Topliss-reactive ketones (excluding diaryl/α,β-unsaturated/α-hetero) is 1. The normalized spacial score (nSPS) is 15.4. The van der Waals surface area contributed by atoms with Gasteiger partial charge in [-0.15, -0.1) is 0 Å². The Morgan fingerprint density at radius 3 is 2.62 bits per heavy atom. The Morgan fingerprint density at radius 1 is 1.54 bits per heavy atom. The number of unbranched alkanes of at least 4 members (excludes halogenated alkanes) is 1. The molecule has 0 amide bonds. The molecule has 0 saturated carbocycles. The summed E-state index contributed by atoms with van der Waals surface area (Å²) < 4.78 is 4.78. The van der Waals surface area contributed by atoms with E-state index in [0.717, 1.165) is 12.8 Å². The lowest BCUT2D eigenvalue weighted by molar-refractivity contribution is -0.137. The van der Waals surface area contributed by atoms with Gasteiger partial charge in [0.25, 0.3) is 0 Å². The van der Waals surface area contributed by atoms with Gasteiger partial charge in [-0.05, 0) is 13.3 Å². The van der Waals surface area contributed by atoms with Gasteiger partial charge in [-0.1, -0.05) is 19.8 Å². The van der Waals surface area contributed by atoms with Crippen molar-refractivity contribution in [2.24, 2.45) is 0 Å². The molecule has 0 aromatic rings. The predicted octanol–water partition coefficient (Wildman–Crippen LogP) is 1.53. The van der Waals surface area contributed by atoms with Crippen LogP contribution in [0.25, 0.3) is 0 Å². The van der Waals surface area contributed by atoms with Gasteiger partial charge < -0.3 is 9.84 Å². The number of ether oxygens (including phenoxy) is 1. The fourth-order valence-corrected chi connectivity index (χ4v) is 1.12. The van der Waals surface area contributed by atoms with Crippen LogP contribution in [0.4, 0.5) is 0 Å². The van der Waals surface area contributed by atoms with Crippen molar-refractivity contribution in [1.29, 1.82) is 0 Å². The van der Waals surface area contributed by atoms with Crippen LogP contribution in [-0.4, -0.2) is 30.2 Å². The molecule has 0 rings (SSSR count). The largest absolute Gasteiger partial charge is 0.384 e. The van der Waals surface area contributed by atoms with E-state index in [-0.39, 0.29) is 5.78 Å². The molecule has 0 bridgehead atoms. The summed E-state index contributed by atoms with van der Waals surface area (Å²) in [5.41, 5.74) is -1.16. The first-order valence-electron chi connectivity index (χ1n) is 4.79. The van der Waals surface area contributed by atoms with Crippen molar-refractivity contribution in [3.05, 3.63) is 0 Å². The van der Waals surface area contributed by atoms with Crippen molar-refractivity contribution in [2.75, 3.05) is 13.7 Å². The third-order valence-corrected chi connectivity index (χ3v) is 2.15. The van der Waals surface area contributed by atoms with Crippen LogP contribution in [0.15, 0.2) is 0 Å². The van der Waals surface area contributed by atoms with E-state index in [1.165, 1.54) is 0 Å². The molecule has 1 unspecified atom stereocenters. The SMILES string of the molecule is CCCCC(C)(O)C(=O)CCOC. The molecule has 0 fully saturated rings. The van der Waals surface area contributed by atoms with E-state index in [0.29, 0.717) is 19.4 Å². The van der Waals surface area contributed by atoms with Gasteiger partial charge in [0.05, 0.1) is 6.61 Å². The molecule has 0 heterocycles. The Bertz CT molecular complexity index is 152. The number of methoxy groups -OCH3 is 1. The second-order valence-electron chi connectivity index (χ2n) is 3.54. The average Bonchev–Trinajstić information content (AvgIpc) is 2.10. The van der Waals surface area contributed by atoms with Crippen molar-refractivity contribution in [3.63, 3.8) is 0 Å². The minimum atomic E-state index is -1.16. The van der Waals surface area contributed by atoms with Gasteiger partial charge in [0.1, 0.15) is 5.60 Å². The first kappa shape index (κ1) is 12.6. The number of hydrogen-bond donors (Lipinski definition) is 1. The highest BCUT2D eigenvalue weighted by atomic mass is 16.5. The number of rotatable bonds is 7. The summed E-state index contributed by atoms with van der Waals surface area (Å²) in [6.07, 6.45) is 2.72. The van der Waals surface area contributed by atoms with Crippen molar-refractivity contribution >= 4 is 5.78 Å². The second kappa shape index (κ2) is 6.11. The minimum Gasteiger partial charge on any atom is -0.384 e. The Hall–Kier alpha value is -0.410. The molecule has 0 aliphatic rings. The van der Waals surface area contributed by atoms with Crippen LogP contribution in [0.1, 0.15) is 39.5 Å². The van der Waals surface area contributed by atoms with Crippen LogP contribution in [0.5, 0.6) is 0 Å². The zero-order chi connectivity index (χ0) is 10.3. The van der Waals surface area contributed by atoms with Crippen molar-refractivity contribution in [3.8, 4) is 0 Å². The topological polar surface area (TPSA) is 46.5 Å². The predicted molar refractivity (Wildman–Crippen MR) is 51.6 cm³/mol. The van der Waals surface area contributed by atoms with Crippen LogP contribution >= 0.6 is 0 Å². The van der Waals surface area contributed by atoms with Gasteiger partial charge in [-0.3, -0.25) is 4.79 Å². The fourth-order valence-electron chi connectivity index (χ4n) is 1.12. The van der Waals surface area contributed by atoms with E-state index in [9.17, 15) is 9.90 Å². The summed E-state index contributed by atoms with van der Waals surface area (Å²) in [7, 11) is 1.55. The maximum absolute atomic E-state index is 11.4. The molecule has 0 saturated heterocycles. The first-order valence-corrected chi connectivity index (χ1v) is 4.79. The van der Waals surface area contributed by atoms with E-state index in [4.69, 9.17) is 4.74 Å². The summed E-state index contributed by atoms with van der Waals surface area (Å²) in [5.74, 6) is -0.122. The van der Waals surface area contributed by atoms with Crippen LogP contribution in [-0.2, 0) is 9.53 Å². The van der Waals surface area contributed by atoms with E-state index in [1.807, 2.05) is 6.92 Å². The average molecular weight is 188 g/mol. The lowest BCUT2D eigenvalue weighted by Crippen LogP contribution is -2.35. The molecule has 1 atom stereocenters. The first-order chi connectivity index (χ1) is 6.04. The molecule has 0 aliphatic heterocycles. The minimum absolute atomic E-state index is 0.122. The molecule has 0 aromatic carbocycles. The lowest BCUT2D eigenvalue weighted by Gasteiger charge is -2.21. The molecule has 3 nitrogen and oxygen atoms in total.